The first-order chi connectivity index (χ1) is 10.0. The molecule has 0 aliphatic heterocycles. The minimum absolute atomic E-state index is 0.274. The van der Waals surface area contributed by atoms with Gasteiger partial charge in [-0.05, 0) is 71.0 Å². The molecule has 21 heavy (non-hydrogen) atoms. The summed E-state index contributed by atoms with van der Waals surface area (Å²) in [5.41, 5.74) is 3.19. The Labute approximate surface area is 128 Å². The number of likely N-dealkylation sites (N-methyl/N-ethyl adjacent to an activating group) is 1. The lowest BCUT2D eigenvalue weighted by Crippen LogP contribution is -2.35. The maximum Gasteiger partial charge on any atom is 0.160 e. The Morgan fingerprint density at radius 3 is 2.24 bits per heavy atom. The van der Waals surface area contributed by atoms with Gasteiger partial charge in [0, 0.05) is 18.5 Å². The van der Waals surface area contributed by atoms with Crippen LogP contribution in [0.5, 0.6) is 0 Å². The summed E-state index contributed by atoms with van der Waals surface area (Å²) in [6.45, 7) is 7.46. The largest absolute Gasteiger partial charge is 0.370 e. The second kappa shape index (κ2) is 6.84. The summed E-state index contributed by atoms with van der Waals surface area (Å²) in [5, 5.41) is 3.19. The van der Waals surface area contributed by atoms with Crippen LogP contribution in [0.2, 0.25) is 0 Å². The molecule has 1 aliphatic carbocycles. The molecule has 4 heteroatoms. The molecule has 1 aliphatic rings. The van der Waals surface area contributed by atoms with E-state index in [2.05, 4.69) is 26.1 Å². The summed E-state index contributed by atoms with van der Waals surface area (Å²) in [6.07, 6.45) is 5.41. The molecule has 0 unspecified atom stereocenters. The van der Waals surface area contributed by atoms with Crippen molar-refractivity contribution in [2.75, 3.05) is 20.7 Å². The predicted octanol–water partition coefficient (Wildman–Crippen LogP) is 2.91. The molecule has 1 aromatic heterocycles. The van der Waals surface area contributed by atoms with Crippen molar-refractivity contribution in [3.8, 4) is 0 Å². The van der Waals surface area contributed by atoms with Gasteiger partial charge in [0.05, 0.1) is 0 Å². The third-order valence-corrected chi connectivity index (χ3v) is 4.93. The van der Waals surface area contributed by atoms with Gasteiger partial charge in [-0.2, -0.15) is 0 Å². The quantitative estimate of drug-likeness (QED) is 0.906. The van der Waals surface area contributed by atoms with E-state index < -0.39 is 0 Å². The monoisotopic (exact) mass is 291 g/mol. The predicted molar refractivity (Wildman–Crippen MR) is 85.5 cm³/mol. The molecule has 1 aromatic rings. The molecular weight excluding hydrogens is 262 g/mol. The lowest BCUT2D eigenvalue weighted by molar-refractivity contribution is -0.0599. The van der Waals surface area contributed by atoms with Crippen LogP contribution in [0.3, 0.4) is 0 Å². The Balaban J connectivity index is 2.31. The minimum atomic E-state index is -0.274. The van der Waals surface area contributed by atoms with E-state index in [-0.39, 0.29) is 5.60 Å². The molecule has 1 N–H and O–H groups in total. The van der Waals surface area contributed by atoms with Gasteiger partial charge in [-0.15, -0.1) is 0 Å². The highest BCUT2D eigenvalue weighted by atomic mass is 16.5. The zero-order chi connectivity index (χ0) is 15.5. The van der Waals surface area contributed by atoms with Crippen molar-refractivity contribution >= 4 is 0 Å². The fourth-order valence-electron chi connectivity index (χ4n) is 3.30. The molecule has 1 saturated carbocycles. The average Bonchev–Trinajstić information content (AvgIpc) is 2.47. The van der Waals surface area contributed by atoms with Crippen LogP contribution in [0, 0.1) is 19.8 Å². The smallest absolute Gasteiger partial charge is 0.160 e. The summed E-state index contributed by atoms with van der Waals surface area (Å²) < 4.78 is 5.91. The number of hydrogen-bond acceptors (Lipinski definition) is 4. The van der Waals surface area contributed by atoms with Gasteiger partial charge in [0.25, 0.3) is 0 Å². The van der Waals surface area contributed by atoms with E-state index in [1.165, 1.54) is 18.4 Å². The van der Waals surface area contributed by atoms with E-state index in [1.54, 1.807) is 7.11 Å². The number of rotatable bonds is 5. The Hall–Kier alpha value is -1.00. The van der Waals surface area contributed by atoms with Crippen LogP contribution in [-0.4, -0.2) is 30.7 Å². The maximum atomic E-state index is 5.91. The van der Waals surface area contributed by atoms with Gasteiger partial charge in [-0.25, -0.2) is 9.97 Å². The number of ether oxygens (including phenoxy) is 1. The molecule has 0 radical (unpaired) electrons. The highest BCUT2D eigenvalue weighted by molar-refractivity contribution is 5.26. The summed E-state index contributed by atoms with van der Waals surface area (Å²) in [4.78, 5) is 9.63. The Morgan fingerprint density at radius 2 is 1.76 bits per heavy atom. The molecule has 0 spiro atoms. The Bertz CT molecular complexity index is 456. The van der Waals surface area contributed by atoms with Crippen molar-refractivity contribution in [1.82, 2.24) is 15.3 Å². The van der Waals surface area contributed by atoms with Crippen molar-refractivity contribution in [2.24, 2.45) is 5.92 Å². The molecule has 0 bridgehead atoms. The van der Waals surface area contributed by atoms with Crippen LogP contribution in [0.15, 0.2) is 0 Å². The number of nitrogens with zero attached hydrogens (tertiary/aromatic N) is 2. The lowest BCUT2D eigenvalue weighted by Gasteiger charge is -2.37. The number of aromatic nitrogens is 2. The molecule has 0 atom stereocenters. The first-order valence-electron chi connectivity index (χ1n) is 8.06. The molecule has 118 valence electrons. The number of methoxy groups -OCH3 is 1. The van der Waals surface area contributed by atoms with Crippen LogP contribution in [0.25, 0.3) is 0 Å². The zero-order valence-corrected chi connectivity index (χ0v) is 14.1. The van der Waals surface area contributed by atoms with Crippen molar-refractivity contribution in [3.05, 3.63) is 22.8 Å². The third kappa shape index (κ3) is 3.43. The zero-order valence-electron chi connectivity index (χ0n) is 14.1. The normalized spacial score (nSPS) is 26.0. The van der Waals surface area contributed by atoms with Gasteiger partial charge < -0.3 is 10.1 Å². The van der Waals surface area contributed by atoms with E-state index in [0.717, 1.165) is 48.9 Å². The summed E-state index contributed by atoms with van der Waals surface area (Å²) >= 11 is 0. The SMILES string of the molecule is CNCCc1c(C)nc(C2(OC)CCC(C)CC2)nc1C. The minimum Gasteiger partial charge on any atom is -0.370 e. The van der Waals surface area contributed by atoms with Crippen LogP contribution < -0.4 is 5.32 Å². The van der Waals surface area contributed by atoms with Gasteiger partial charge in [0.15, 0.2) is 5.82 Å². The van der Waals surface area contributed by atoms with Crippen molar-refractivity contribution in [3.63, 3.8) is 0 Å². The molecule has 0 amide bonds. The van der Waals surface area contributed by atoms with E-state index in [1.807, 2.05) is 7.05 Å². The first-order valence-corrected chi connectivity index (χ1v) is 8.06. The van der Waals surface area contributed by atoms with E-state index in [0.29, 0.717) is 0 Å². The van der Waals surface area contributed by atoms with Gasteiger partial charge in [0.2, 0.25) is 0 Å². The molecular formula is C17H29N3O. The molecule has 2 rings (SSSR count). The van der Waals surface area contributed by atoms with Crippen molar-refractivity contribution in [2.45, 2.75) is 58.5 Å². The van der Waals surface area contributed by atoms with Crippen molar-refractivity contribution in [1.29, 1.82) is 0 Å². The second-order valence-corrected chi connectivity index (χ2v) is 6.43. The van der Waals surface area contributed by atoms with Gasteiger partial charge >= 0.3 is 0 Å². The fraction of sp³-hybridized carbons (Fsp3) is 0.765. The second-order valence-electron chi connectivity index (χ2n) is 6.43. The number of hydrogen-bond donors (Lipinski definition) is 1. The lowest BCUT2D eigenvalue weighted by atomic mass is 9.78. The van der Waals surface area contributed by atoms with E-state index >= 15 is 0 Å². The van der Waals surface area contributed by atoms with E-state index in [4.69, 9.17) is 14.7 Å². The van der Waals surface area contributed by atoms with Crippen LogP contribution in [-0.2, 0) is 16.8 Å². The topological polar surface area (TPSA) is 47.0 Å². The van der Waals surface area contributed by atoms with Crippen LogP contribution in [0.4, 0.5) is 0 Å². The highest BCUT2D eigenvalue weighted by Crippen LogP contribution is 2.40. The summed E-state index contributed by atoms with van der Waals surface area (Å²) in [5.74, 6) is 1.67. The van der Waals surface area contributed by atoms with E-state index in [9.17, 15) is 0 Å². The standard InChI is InChI=1S/C17H29N3O/c1-12-6-9-17(21-5,10-7-12)16-19-13(2)15(8-11-18-4)14(3)20-16/h12,18H,6-11H2,1-5H3. The molecule has 4 nitrogen and oxygen atoms in total. The highest BCUT2D eigenvalue weighted by Gasteiger charge is 2.39. The third-order valence-electron chi connectivity index (χ3n) is 4.93. The van der Waals surface area contributed by atoms with Crippen molar-refractivity contribution < 1.29 is 4.74 Å². The average molecular weight is 291 g/mol. The molecule has 0 aromatic carbocycles. The van der Waals surface area contributed by atoms with Crippen LogP contribution in [0.1, 0.15) is 55.4 Å². The first kappa shape index (κ1) is 16.4. The van der Waals surface area contributed by atoms with Crippen LogP contribution >= 0.6 is 0 Å². The summed E-state index contributed by atoms with van der Waals surface area (Å²) in [6, 6.07) is 0. The van der Waals surface area contributed by atoms with Gasteiger partial charge in [-0.1, -0.05) is 6.92 Å². The maximum absolute atomic E-state index is 5.91. The molecule has 1 fully saturated rings. The van der Waals surface area contributed by atoms with Gasteiger partial charge in [0.1, 0.15) is 5.60 Å². The number of nitrogens with one attached hydrogen (secondary N) is 1. The molecule has 1 heterocycles. The fourth-order valence-corrected chi connectivity index (χ4v) is 3.30. The summed E-state index contributed by atoms with van der Waals surface area (Å²) in [7, 11) is 3.78. The Kier molecular flexibility index (Phi) is 5.33. The molecule has 0 saturated heterocycles. The van der Waals surface area contributed by atoms with Gasteiger partial charge in [-0.3, -0.25) is 0 Å². The Morgan fingerprint density at radius 1 is 1.19 bits per heavy atom. The number of aryl methyl sites for hydroxylation is 2.